The van der Waals surface area contributed by atoms with E-state index in [9.17, 15) is 17.6 Å². The molecule has 1 aliphatic rings. The van der Waals surface area contributed by atoms with Gasteiger partial charge in [-0.25, -0.2) is 27.5 Å². The van der Waals surface area contributed by atoms with Gasteiger partial charge in [-0.05, 0) is 12.1 Å². The van der Waals surface area contributed by atoms with E-state index in [1.165, 1.54) is 21.9 Å². The van der Waals surface area contributed by atoms with Crippen molar-refractivity contribution in [3.63, 3.8) is 0 Å². The van der Waals surface area contributed by atoms with Crippen LogP contribution in [0.25, 0.3) is 22.9 Å². The molecule has 5 rings (SSSR count). The van der Waals surface area contributed by atoms with Gasteiger partial charge in [0.1, 0.15) is 23.5 Å². The molecule has 3 aromatic heterocycles. The number of piperidine rings is 1. The van der Waals surface area contributed by atoms with E-state index in [0.717, 1.165) is 6.20 Å². The van der Waals surface area contributed by atoms with Gasteiger partial charge in [-0.2, -0.15) is 5.10 Å². The Balaban J connectivity index is 1.51. The molecule has 11 heteroatoms. The van der Waals surface area contributed by atoms with Crippen LogP contribution in [-0.2, 0) is 6.54 Å². The molecule has 1 aromatic carbocycles. The number of hydrogen-bond acceptors (Lipinski definition) is 6. The minimum Gasteiger partial charge on any atom is -0.364 e. The zero-order valence-corrected chi connectivity index (χ0v) is 17.3. The van der Waals surface area contributed by atoms with Gasteiger partial charge in [0.05, 0.1) is 18.4 Å². The number of nitrogens with zero attached hydrogens (tertiary/aromatic N) is 6. The highest BCUT2D eigenvalue weighted by atomic mass is 19.3. The minimum atomic E-state index is -2.76. The van der Waals surface area contributed by atoms with E-state index in [2.05, 4.69) is 20.2 Å². The summed E-state index contributed by atoms with van der Waals surface area (Å²) in [7, 11) is 0. The van der Waals surface area contributed by atoms with Crippen LogP contribution in [0.2, 0.25) is 0 Å². The molecule has 0 saturated carbocycles. The van der Waals surface area contributed by atoms with Crippen molar-refractivity contribution < 1.29 is 22.1 Å². The quantitative estimate of drug-likeness (QED) is 0.409. The molecule has 7 nitrogen and oxygen atoms in total. The number of hydrogen-bond donors (Lipinski definition) is 0. The molecule has 0 unspecified atom stereocenters. The second kappa shape index (κ2) is 8.30. The van der Waals surface area contributed by atoms with Crippen LogP contribution in [0.3, 0.4) is 0 Å². The molecule has 1 saturated heterocycles. The standard InChI is InChI=1S/C22H18F4N6O/c23-15-4-2-1-3-14(15)13-32-19(17-5-10-33-30-17)11-18(29-32)20-27-12-16(24)21(28-20)31-8-6-22(25,26)7-9-31/h1-5,10-12H,6-9,13H2. The number of alkyl halides is 2. The van der Waals surface area contributed by atoms with Gasteiger partial charge in [-0.3, -0.25) is 4.68 Å². The van der Waals surface area contributed by atoms with Crippen LogP contribution < -0.4 is 4.90 Å². The number of aromatic nitrogens is 5. The molecular formula is C22H18F4N6O. The summed E-state index contributed by atoms with van der Waals surface area (Å²) in [6.45, 7) is 0.0582. The van der Waals surface area contributed by atoms with E-state index in [4.69, 9.17) is 4.52 Å². The lowest BCUT2D eigenvalue weighted by Crippen LogP contribution is -2.40. The Morgan fingerprint density at radius 3 is 2.52 bits per heavy atom. The lowest BCUT2D eigenvalue weighted by atomic mass is 10.1. The Morgan fingerprint density at radius 2 is 1.79 bits per heavy atom. The Hall–Kier alpha value is -3.76. The summed E-state index contributed by atoms with van der Waals surface area (Å²) in [6.07, 6.45) is 1.64. The van der Waals surface area contributed by atoms with Gasteiger partial charge in [0.25, 0.3) is 5.92 Å². The molecule has 0 spiro atoms. The Bertz CT molecular complexity index is 1260. The normalized spacial score (nSPS) is 15.7. The van der Waals surface area contributed by atoms with Crippen LogP contribution in [0, 0.1) is 11.6 Å². The number of halogens is 4. The Labute approximate surface area is 185 Å². The van der Waals surface area contributed by atoms with E-state index < -0.39 is 11.7 Å². The van der Waals surface area contributed by atoms with Crippen LogP contribution in [0.1, 0.15) is 18.4 Å². The molecular weight excluding hydrogens is 440 g/mol. The van der Waals surface area contributed by atoms with Crippen molar-refractivity contribution in [1.82, 2.24) is 24.9 Å². The summed E-state index contributed by atoms with van der Waals surface area (Å²) in [5.74, 6) is -3.79. The van der Waals surface area contributed by atoms with Gasteiger partial charge in [-0.15, -0.1) is 0 Å². The van der Waals surface area contributed by atoms with Gasteiger partial charge in [0.2, 0.25) is 0 Å². The lowest BCUT2D eigenvalue weighted by Gasteiger charge is -2.32. The van der Waals surface area contributed by atoms with E-state index in [0.29, 0.717) is 22.6 Å². The molecule has 4 heterocycles. The average molecular weight is 458 g/mol. The van der Waals surface area contributed by atoms with Crippen molar-refractivity contribution in [3.05, 3.63) is 66.1 Å². The maximum Gasteiger partial charge on any atom is 0.251 e. The van der Waals surface area contributed by atoms with Gasteiger partial charge in [0, 0.05) is 37.6 Å². The maximum atomic E-state index is 14.5. The van der Waals surface area contributed by atoms with E-state index in [1.54, 1.807) is 30.3 Å². The van der Waals surface area contributed by atoms with E-state index in [1.807, 2.05) is 0 Å². The predicted molar refractivity (Wildman–Crippen MR) is 111 cm³/mol. The lowest BCUT2D eigenvalue weighted by molar-refractivity contribution is -0.0222. The van der Waals surface area contributed by atoms with Crippen LogP contribution >= 0.6 is 0 Å². The van der Waals surface area contributed by atoms with E-state index >= 15 is 0 Å². The fourth-order valence-corrected chi connectivity index (χ4v) is 3.73. The summed E-state index contributed by atoms with van der Waals surface area (Å²) in [5, 5.41) is 8.42. The molecule has 170 valence electrons. The third-order valence-electron chi connectivity index (χ3n) is 5.51. The monoisotopic (exact) mass is 458 g/mol. The molecule has 0 atom stereocenters. The molecule has 1 aliphatic heterocycles. The molecule has 4 aromatic rings. The van der Waals surface area contributed by atoms with Crippen molar-refractivity contribution in [2.75, 3.05) is 18.0 Å². The van der Waals surface area contributed by atoms with Crippen molar-refractivity contribution >= 4 is 5.82 Å². The first kappa shape index (κ1) is 21.1. The van der Waals surface area contributed by atoms with Crippen LogP contribution in [0.5, 0.6) is 0 Å². The van der Waals surface area contributed by atoms with Crippen LogP contribution in [0.15, 0.2) is 53.4 Å². The summed E-state index contributed by atoms with van der Waals surface area (Å²) < 4.78 is 62.2. The first-order chi connectivity index (χ1) is 15.9. The third kappa shape index (κ3) is 4.30. The van der Waals surface area contributed by atoms with Crippen LogP contribution in [0.4, 0.5) is 23.4 Å². The van der Waals surface area contributed by atoms with Crippen molar-refractivity contribution in [3.8, 4) is 22.9 Å². The topological polar surface area (TPSA) is 72.9 Å². The predicted octanol–water partition coefficient (Wildman–Crippen LogP) is 4.56. The Kier molecular flexibility index (Phi) is 5.31. The van der Waals surface area contributed by atoms with Gasteiger partial charge >= 0.3 is 0 Å². The van der Waals surface area contributed by atoms with Crippen LogP contribution in [-0.4, -0.2) is 43.9 Å². The van der Waals surface area contributed by atoms with Crippen molar-refractivity contribution in [2.24, 2.45) is 0 Å². The number of rotatable bonds is 5. The minimum absolute atomic E-state index is 0.0215. The van der Waals surface area contributed by atoms with Gasteiger partial charge in [0.15, 0.2) is 17.5 Å². The molecule has 0 amide bonds. The fraction of sp³-hybridized carbons (Fsp3) is 0.273. The highest BCUT2D eigenvalue weighted by Gasteiger charge is 2.35. The molecule has 0 aliphatic carbocycles. The zero-order chi connectivity index (χ0) is 23.0. The molecule has 0 N–H and O–H groups in total. The van der Waals surface area contributed by atoms with Crippen molar-refractivity contribution in [1.29, 1.82) is 0 Å². The first-order valence-electron chi connectivity index (χ1n) is 10.3. The second-order valence-corrected chi connectivity index (χ2v) is 7.76. The highest BCUT2D eigenvalue weighted by Crippen LogP contribution is 2.32. The first-order valence-corrected chi connectivity index (χ1v) is 10.3. The van der Waals surface area contributed by atoms with E-state index in [-0.39, 0.29) is 49.9 Å². The summed E-state index contributed by atoms with van der Waals surface area (Å²) in [6, 6.07) is 9.57. The SMILES string of the molecule is Fc1ccccc1Cn1nc(-c2ncc(F)c(N3CCC(F)(F)CC3)n2)cc1-c1ccon1. The molecule has 33 heavy (non-hydrogen) atoms. The fourth-order valence-electron chi connectivity index (χ4n) is 3.73. The highest BCUT2D eigenvalue weighted by molar-refractivity contribution is 5.63. The zero-order valence-electron chi connectivity index (χ0n) is 17.3. The average Bonchev–Trinajstić information content (AvgIpc) is 3.46. The van der Waals surface area contributed by atoms with Crippen molar-refractivity contribution in [2.45, 2.75) is 25.3 Å². The summed E-state index contributed by atoms with van der Waals surface area (Å²) in [4.78, 5) is 9.79. The largest absolute Gasteiger partial charge is 0.364 e. The van der Waals surface area contributed by atoms with Gasteiger partial charge < -0.3 is 9.42 Å². The molecule has 1 fully saturated rings. The summed E-state index contributed by atoms with van der Waals surface area (Å²) >= 11 is 0. The molecule has 0 radical (unpaired) electrons. The maximum absolute atomic E-state index is 14.5. The number of anilines is 1. The number of benzene rings is 1. The van der Waals surface area contributed by atoms with Gasteiger partial charge in [-0.1, -0.05) is 23.4 Å². The second-order valence-electron chi connectivity index (χ2n) is 7.76. The molecule has 0 bridgehead atoms. The Morgan fingerprint density at radius 1 is 1.00 bits per heavy atom. The third-order valence-corrected chi connectivity index (χ3v) is 5.51. The smallest absolute Gasteiger partial charge is 0.251 e. The summed E-state index contributed by atoms with van der Waals surface area (Å²) in [5.41, 5.74) is 1.69.